The van der Waals surface area contributed by atoms with E-state index in [0.717, 1.165) is 94.7 Å². The lowest BCUT2D eigenvalue weighted by molar-refractivity contribution is -0.0763. The second kappa shape index (κ2) is 10.5. The molecule has 16 unspecified atom stereocenters. The molecule has 0 nitrogen and oxygen atoms in total. The topological polar surface area (TPSA) is 0 Å². The van der Waals surface area contributed by atoms with E-state index in [-0.39, 0.29) is 0 Å². The Morgan fingerprint density at radius 2 is 0.639 bits per heavy atom. The van der Waals surface area contributed by atoms with Gasteiger partial charge in [0.15, 0.2) is 0 Å². The number of hydrogen-bond acceptors (Lipinski definition) is 0. The van der Waals surface area contributed by atoms with Gasteiger partial charge in [-0.3, -0.25) is 0 Å². The maximum atomic E-state index is 2.75. The molecule has 4 aliphatic rings. The summed E-state index contributed by atoms with van der Waals surface area (Å²) in [6.07, 6.45) is 2.99. The van der Waals surface area contributed by atoms with Gasteiger partial charge in [-0.2, -0.15) is 0 Å². The van der Waals surface area contributed by atoms with Crippen LogP contribution in [0.4, 0.5) is 0 Å². The van der Waals surface area contributed by atoms with E-state index in [1.165, 1.54) is 12.8 Å². The summed E-state index contributed by atoms with van der Waals surface area (Å²) in [4.78, 5) is 0. The second-order valence-corrected chi connectivity index (χ2v) is 17.7. The summed E-state index contributed by atoms with van der Waals surface area (Å²) in [7, 11) is 0. The van der Waals surface area contributed by atoms with Gasteiger partial charge in [-0.25, -0.2) is 0 Å². The van der Waals surface area contributed by atoms with Gasteiger partial charge in [0.05, 0.1) is 0 Å². The van der Waals surface area contributed by atoms with Crippen molar-refractivity contribution in [3.63, 3.8) is 0 Å². The van der Waals surface area contributed by atoms with Crippen molar-refractivity contribution in [1.82, 2.24) is 0 Å². The van der Waals surface area contributed by atoms with Crippen LogP contribution in [0.25, 0.3) is 0 Å². The van der Waals surface area contributed by atoms with E-state index in [2.05, 4.69) is 111 Å². The molecule has 0 saturated heterocycles. The van der Waals surface area contributed by atoms with Crippen LogP contribution in [-0.4, -0.2) is 0 Å². The third kappa shape index (κ3) is 5.25. The lowest BCUT2D eigenvalue weighted by Crippen LogP contribution is -2.50. The van der Waals surface area contributed by atoms with Crippen molar-refractivity contribution in [3.05, 3.63) is 0 Å². The highest BCUT2D eigenvalue weighted by atomic mass is 14.7. The minimum atomic E-state index is 0.459. The maximum Gasteiger partial charge on any atom is -0.0287 e. The predicted octanol–water partition coefficient (Wildman–Crippen LogP) is 11.0. The average Bonchev–Trinajstić information content (AvgIpc) is 3.30. The van der Waals surface area contributed by atoms with Crippen molar-refractivity contribution in [2.45, 2.75) is 124 Å². The fourth-order valence-electron chi connectivity index (χ4n) is 11.4. The summed E-state index contributed by atoms with van der Waals surface area (Å²) in [5.41, 5.74) is 0.959. The molecule has 0 aromatic carbocycles. The van der Waals surface area contributed by atoms with E-state index in [1.807, 2.05) is 0 Å². The summed E-state index contributed by atoms with van der Waals surface area (Å²) >= 11 is 0. The van der Waals surface area contributed by atoms with E-state index < -0.39 is 0 Å². The van der Waals surface area contributed by atoms with Crippen LogP contribution in [0, 0.1) is 106 Å². The third-order valence-electron chi connectivity index (χ3n) is 13.6. The molecule has 0 N–H and O–H groups in total. The van der Waals surface area contributed by atoms with Crippen LogP contribution in [0.15, 0.2) is 0 Å². The molecule has 0 aromatic rings. The summed E-state index contributed by atoms with van der Waals surface area (Å²) in [5.74, 6) is 14.6. The molecule has 0 radical (unpaired) electrons. The molecule has 0 aromatic heterocycles. The predicted molar refractivity (Wildman–Crippen MR) is 161 cm³/mol. The number of fused-ring (bicyclic) bond motifs is 2. The zero-order valence-electron chi connectivity index (χ0n) is 27.7. The Balaban J connectivity index is 0.000000658. The first-order valence-corrected chi connectivity index (χ1v) is 16.3. The van der Waals surface area contributed by atoms with Gasteiger partial charge in [0, 0.05) is 0 Å². The zero-order chi connectivity index (χ0) is 27.7. The quantitative estimate of drug-likeness (QED) is 0.353. The van der Waals surface area contributed by atoms with Gasteiger partial charge in [-0.15, -0.1) is 0 Å². The first-order valence-electron chi connectivity index (χ1n) is 16.3. The molecule has 0 bridgehead atoms. The molecule has 4 aliphatic carbocycles. The van der Waals surface area contributed by atoms with Crippen LogP contribution in [0.2, 0.25) is 0 Å². The molecular formula is C36H68. The first-order chi connectivity index (χ1) is 16.3. The molecule has 212 valence electrons. The minimum absolute atomic E-state index is 0.459. The Kier molecular flexibility index (Phi) is 8.93. The van der Waals surface area contributed by atoms with Crippen molar-refractivity contribution in [2.24, 2.45) is 106 Å². The molecule has 36 heavy (non-hydrogen) atoms. The highest BCUT2D eigenvalue weighted by molar-refractivity contribution is 5.10. The van der Waals surface area contributed by atoms with Crippen molar-refractivity contribution in [2.75, 3.05) is 0 Å². The van der Waals surface area contributed by atoms with Gasteiger partial charge in [0.25, 0.3) is 0 Å². The minimum Gasteiger partial charge on any atom is -0.0622 e. The van der Waals surface area contributed by atoms with E-state index in [0.29, 0.717) is 10.8 Å². The molecule has 4 saturated carbocycles. The van der Waals surface area contributed by atoms with Crippen LogP contribution in [0.1, 0.15) is 124 Å². The van der Waals surface area contributed by atoms with E-state index in [1.54, 1.807) is 0 Å². The fourth-order valence-corrected chi connectivity index (χ4v) is 11.4. The first kappa shape index (κ1) is 30.5. The van der Waals surface area contributed by atoms with Crippen molar-refractivity contribution >= 4 is 0 Å². The van der Waals surface area contributed by atoms with Gasteiger partial charge >= 0.3 is 0 Å². The van der Waals surface area contributed by atoms with Crippen LogP contribution in [-0.2, 0) is 0 Å². The molecule has 4 rings (SSSR count). The van der Waals surface area contributed by atoms with Crippen molar-refractivity contribution in [1.29, 1.82) is 0 Å². The van der Waals surface area contributed by atoms with Gasteiger partial charge in [0.2, 0.25) is 0 Å². The smallest absolute Gasteiger partial charge is 0.0287 e. The average molecular weight is 501 g/mol. The number of rotatable bonds is 2. The molecule has 4 fully saturated rings. The van der Waals surface area contributed by atoms with Crippen LogP contribution in [0.3, 0.4) is 0 Å². The Labute approximate surface area is 228 Å². The van der Waals surface area contributed by atoms with Crippen molar-refractivity contribution < 1.29 is 0 Å². The Morgan fingerprint density at radius 1 is 0.389 bits per heavy atom. The fraction of sp³-hybridized carbons (Fsp3) is 1.00. The van der Waals surface area contributed by atoms with Gasteiger partial charge in [0.1, 0.15) is 0 Å². The van der Waals surface area contributed by atoms with E-state index in [9.17, 15) is 0 Å². The lowest BCUT2D eigenvalue weighted by atomic mass is 9.50. The summed E-state index contributed by atoms with van der Waals surface area (Å²) in [6, 6.07) is 0. The summed E-state index contributed by atoms with van der Waals surface area (Å²) in [6.45, 7) is 40.3. The van der Waals surface area contributed by atoms with Crippen LogP contribution < -0.4 is 0 Å². The lowest BCUT2D eigenvalue weighted by Gasteiger charge is -2.55. The summed E-state index contributed by atoms with van der Waals surface area (Å²) in [5, 5.41) is 0. The van der Waals surface area contributed by atoms with E-state index >= 15 is 0 Å². The highest BCUT2D eigenvalue weighted by Gasteiger charge is 2.62. The Morgan fingerprint density at radius 3 is 0.917 bits per heavy atom. The monoisotopic (exact) mass is 501 g/mol. The number of hydrogen-bond donors (Lipinski definition) is 0. The van der Waals surface area contributed by atoms with Gasteiger partial charge in [-0.1, -0.05) is 111 Å². The Bertz CT molecular complexity index is 665. The zero-order valence-corrected chi connectivity index (χ0v) is 27.7. The molecule has 0 heterocycles. The van der Waals surface area contributed by atoms with Crippen LogP contribution in [0.5, 0.6) is 0 Å². The standard InChI is InChI=1S/C31H56.C5H12/c1-15-13-25-21(7)17(3)19(5)23(9)27(25)29(15)31(11,12)30-16(2)14-26-22(8)18(4)20(6)24(10)28(26)30;1-5(2,3)4/h15-30H,13-14H2,1-12H3;1-4H3. The highest BCUT2D eigenvalue weighted by Crippen LogP contribution is 2.68. The Hall–Kier alpha value is 0. The van der Waals surface area contributed by atoms with Gasteiger partial charge < -0.3 is 0 Å². The largest absolute Gasteiger partial charge is 0.0622 e. The molecule has 0 heteroatoms. The molecular weight excluding hydrogens is 432 g/mol. The van der Waals surface area contributed by atoms with Gasteiger partial charge in [-0.05, 0) is 118 Å². The molecule has 0 amide bonds. The SMILES string of the molecule is CC(C)(C)C.CC1CC2C(C)C(C)C(C)C(C)C2C1C(C)(C)C1C(C)CC2C(C)C(C)C(C)C(C)C21. The van der Waals surface area contributed by atoms with Crippen LogP contribution >= 0.6 is 0 Å². The van der Waals surface area contributed by atoms with Crippen molar-refractivity contribution in [3.8, 4) is 0 Å². The normalized spacial score (nSPS) is 53.3. The molecule has 0 aliphatic heterocycles. The maximum absolute atomic E-state index is 2.75. The molecule has 16 atom stereocenters. The second-order valence-electron chi connectivity index (χ2n) is 17.7. The van der Waals surface area contributed by atoms with E-state index in [4.69, 9.17) is 0 Å². The molecule has 0 spiro atoms. The third-order valence-corrected chi connectivity index (χ3v) is 13.6. The summed E-state index contributed by atoms with van der Waals surface area (Å²) < 4.78 is 0.